The Morgan fingerprint density at radius 2 is 1.30 bits per heavy atom. The van der Waals surface area contributed by atoms with Gasteiger partial charge in [-0.1, -0.05) is 12.1 Å². The van der Waals surface area contributed by atoms with Gasteiger partial charge < -0.3 is 98.9 Å². The van der Waals surface area contributed by atoms with Crippen molar-refractivity contribution in [3.05, 3.63) is 82.5 Å². The molecule has 0 bridgehead atoms. The molecule has 3 aliphatic rings. The number of aliphatic hydroxyl groups excluding tert-OH is 9. The molecule has 1 unspecified atom stereocenters. The molecule has 346 valence electrons. The first-order valence-electron chi connectivity index (χ1n) is 19.7. The number of hydrogen-bond acceptors (Lipinski definition) is 22. The second kappa shape index (κ2) is 19.3. The highest BCUT2D eigenvalue weighted by molar-refractivity contribution is 5.88. The van der Waals surface area contributed by atoms with Crippen LogP contribution in [0.3, 0.4) is 0 Å². The smallest absolute Gasteiger partial charge is 0.330 e. The maximum atomic E-state index is 14.4. The Bertz CT molecular complexity index is 2330. The fraction of sp³-hybridized carbons (Fsp3) is 0.429. The molecule has 64 heavy (non-hydrogen) atoms. The van der Waals surface area contributed by atoms with Crippen LogP contribution in [0.5, 0.6) is 28.7 Å². The van der Waals surface area contributed by atoms with Gasteiger partial charge in [-0.05, 0) is 55.0 Å². The van der Waals surface area contributed by atoms with Crippen LogP contribution in [0.1, 0.15) is 12.5 Å². The summed E-state index contributed by atoms with van der Waals surface area (Å²) < 4.78 is 45.8. The van der Waals surface area contributed by atoms with E-state index in [1.807, 2.05) is 0 Å². The van der Waals surface area contributed by atoms with E-state index in [1.54, 1.807) is 0 Å². The Hall–Kier alpha value is -5.44. The third-order valence-electron chi connectivity index (χ3n) is 10.8. The molecule has 0 radical (unpaired) electrons. The maximum Gasteiger partial charge on any atom is 0.330 e. The molecule has 22 nitrogen and oxygen atoms in total. The summed E-state index contributed by atoms with van der Waals surface area (Å²) in [5.74, 6) is -3.18. The van der Waals surface area contributed by atoms with Crippen LogP contribution in [0.25, 0.3) is 28.4 Å². The minimum absolute atomic E-state index is 0.00919. The van der Waals surface area contributed by atoms with Gasteiger partial charge in [0.15, 0.2) is 18.2 Å². The lowest BCUT2D eigenvalue weighted by Gasteiger charge is -2.45. The largest absolute Gasteiger partial charge is 0.508 e. The van der Waals surface area contributed by atoms with Crippen molar-refractivity contribution in [1.29, 1.82) is 0 Å². The van der Waals surface area contributed by atoms with E-state index < -0.39 is 134 Å². The quantitative estimate of drug-likeness (QED) is 0.0543. The molecule has 15 atom stereocenters. The summed E-state index contributed by atoms with van der Waals surface area (Å²) in [7, 11) is 0. The molecule has 0 spiro atoms. The highest BCUT2D eigenvalue weighted by Crippen LogP contribution is 2.39. The lowest BCUT2D eigenvalue weighted by atomic mass is 9.97. The van der Waals surface area contributed by atoms with Gasteiger partial charge in [-0.25, -0.2) is 4.79 Å². The predicted octanol–water partition coefficient (Wildman–Crippen LogP) is -1.95. The van der Waals surface area contributed by atoms with Crippen molar-refractivity contribution in [3.63, 3.8) is 0 Å². The number of phenolic OH excluding ortho intramolecular Hbond substituents is 3. The summed E-state index contributed by atoms with van der Waals surface area (Å²) in [6.45, 7) is -0.0916. The van der Waals surface area contributed by atoms with Crippen molar-refractivity contribution < 1.29 is 104 Å². The molecule has 7 rings (SSSR count). The number of ether oxygens (including phenoxy) is 7. The van der Waals surface area contributed by atoms with Crippen molar-refractivity contribution >= 4 is 23.0 Å². The van der Waals surface area contributed by atoms with Gasteiger partial charge >= 0.3 is 5.97 Å². The van der Waals surface area contributed by atoms with Crippen LogP contribution in [-0.4, -0.2) is 173 Å². The van der Waals surface area contributed by atoms with Crippen LogP contribution >= 0.6 is 0 Å². The van der Waals surface area contributed by atoms with Crippen molar-refractivity contribution in [2.75, 3.05) is 13.2 Å². The summed E-state index contributed by atoms with van der Waals surface area (Å²) in [5.41, 5.74) is -0.785. The zero-order chi connectivity index (χ0) is 46.1. The van der Waals surface area contributed by atoms with Gasteiger partial charge in [-0.3, -0.25) is 4.79 Å². The number of benzene rings is 3. The van der Waals surface area contributed by atoms with Crippen molar-refractivity contribution in [2.45, 2.75) is 99.0 Å². The van der Waals surface area contributed by atoms with E-state index in [9.17, 15) is 70.9 Å². The summed E-state index contributed by atoms with van der Waals surface area (Å²) in [6.07, 6.45) is -23.9. The number of rotatable bonds is 12. The third kappa shape index (κ3) is 9.64. The highest BCUT2D eigenvalue weighted by atomic mass is 16.8. The SMILES string of the molecule is C[C@@H]1O[C@@H](Oc2c(-c3ccc(O)cc3)oc3cc(O[C@@H]4O[C@H](CO)[C@@H](O)[C@H](O)[C@H]4O)cc(O)c3c2=O)C(O[C@@H]2O[C@H](COC(=O)/C=C/c3ccc(O)cc3)[C@@H](O)[C@H](O)[C@H]2O)[C@H](O)[C@H]1O. The van der Waals surface area contributed by atoms with E-state index in [0.29, 0.717) is 5.56 Å². The van der Waals surface area contributed by atoms with Crippen molar-refractivity contribution in [3.8, 4) is 40.1 Å². The number of phenols is 3. The lowest BCUT2D eigenvalue weighted by molar-refractivity contribution is -0.355. The molecule has 3 fully saturated rings. The molecule has 1 aromatic heterocycles. The first kappa shape index (κ1) is 46.5. The zero-order valence-corrected chi connectivity index (χ0v) is 33.5. The molecule has 3 aliphatic heterocycles. The number of aliphatic hydroxyl groups is 9. The fourth-order valence-corrected chi connectivity index (χ4v) is 7.18. The molecular weight excluding hydrogens is 856 g/mol. The predicted molar refractivity (Wildman–Crippen MR) is 212 cm³/mol. The first-order valence-corrected chi connectivity index (χ1v) is 19.7. The van der Waals surface area contributed by atoms with Crippen molar-refractivity contribution in [1.82, 2.24) is 0 Å². The second-order valence-electron chi connectivity index (χ2n) is 15.2. The van der Waals surface area contributed by atoms with Crippen molar-refractivity contribution in [2.24, 2.45) is 0 Å². The Labute approximate surface area is 361 Å². The average Bonchev–Trinajstić information content (AvgIpc) is 3.27. The summed E-state index contributed by atoms with van der Waals surface area (Å²) in [5, 5.41) is 125. The van der Waals surface area contributed by atoms with Gasteiger partial charge in [0, 0.05) is 23.8 Å². The molecule has 22 heteroatoms. The minimum Gasteiger partial charge on any atom is -0.508 e. The summed E-state index contributed by atoms with van der Waals surface area (Å²) >= 11 is 0. The first-order chi connectivity index (χ1) is 30.4. The van der Waals surface area contributed by atoms with Gasteiger partial charge in [0.25, 0.3) is 0 Å². The van der Waals surface area contributed by atoms with Crippen LogP contribution < -0.4 is 14.9 Å². The van der Waals surface area contributed by atoms with E-state index >= 15 is 0 Å². The Morgan fingerprint density at radius 3 is 1.95 bits per heavy atom. The minimum atomic E-state index is -2.03. The third-order valence-corrected chi connectivity index (χ3v) is 10.8. The average molecular weight is 903 g/mol. The molecule has 0 saturated carbocycles. The van der Waals surface area contributed by atoms with Gasteiger partial charge in [0.1, 0.15) is 102 Å². The fourth-order valence-electron chi connectivity index (χ4n) is 7.18. The van der Waals surface area contributed by atoms with E-state index in [-0.39, 0.29) is 34.2 Å². The van der Waals surface area contributed by atoms with Crippen LogP contribution in [0.4, 0.5) is 0 Å². The number of fused-ring (bicyclic) bond motifs is 1. The van der Waals surface area contributed by atoms with Gasteiger partial charge in [-0.2, -0.15) is 0 Å². The Morgan fingerprint density at radius 1 is 0.688 bits per heavy atom. The zero-order valence-electron chi connectivity index (χ0n) is 33.5. The lowest BCUT2D eigenvalue weighted by Crippen LogP contribution is -2.64. The topological polar surface area (TPSA) is 355 Å². The number of carbonyl (C=O) groups is 1. The normalized spacial score (nSPS) is 33.2. The van der Waals surface area contributed by atoms with Gasteiger partial charge in [-0.15, -0.1) is 0 Å². The summed E-state index contributed by atoms with van der Waals surface area (Å²) in [4.78, 5) is 26.9. The molecular formula is C42H46O22. The van der Waals surface area contributed by atoms with Crippen LogP contribution in [0, 0.1) is 0 Å². The Kier molecular flexibility index (Phi) is 14.1. The van der Waals surface area contributed by atoms with E-state index in [4.69, 9.17) is 37.6 Å². The number of carbonyl (C=O) groups excluding carboxylic acids is 1. The highest BCUT2D eigenvalue weighted by Gasteiger charge is 2.51. The number of aromatic hydroxyl groups is 3. The molecule has 12 N–H and O–H groups in total. The van der Waals surface area contributed by atoms with Crippen LogP contribution in [0.15, 0.2) is 76.0 Å². The van der Waals surface area contributed by atoms with E-state index in [0.717, 1.165) is 18.2 Å². The summed E-state index contributed by atoms with van der Waals surface area (Å²) in [6, 6.07) is 13.0. The second-order valence-corrected chi connectivity index (χ2v) is 15.2. The van der Waals surface area contributed by atoms with Gasteiger partial charge in [0.05, 0.1) is 12.7 Å². The van der Waals surface area contributed by atoms with E-state index in [1.165, 1.54) is 61.5 Å². The monoisotopic (exact) mass is 902 g/mol. The molecule has 0 amide bonds. The Balaban J connectivity index is 1.17. The number of hydrogen-bond donors (Lipinski definition) is 12. The molecule has 3 aromatic carbocycles. The van der Waals surface area contributed by atoms with Crippen LogP contribution in [-0.2, 0) is 28.5 Å². The molecule has 0 aliphatic carbocycles. The number of esters is 1. The molecule has 3 saturated heterocycles. The van der Waals surface area contributed by atoms with Crippen LogP contribution in [0.2, 0.25) is 0 Å². The molecule has 4 heterocycles. The van der Waals surface area contributed by atoms with Gasteiger partial charge in [0.2, 0.25) is 23.8 Å². The maximum absolute atomic E-state index is 14.4. The molecule has 4 aromatic rings. The van der Waals surface area contributed by atoms with E-state index in [2.05, 4.69) is 0 Å². The standard InChI is InChI=1S/C42H46O22/c1-16-28(48)34(54)39(64-41-36(56)33(53)30(50)25(62-41)15-57-26(47)11-4-17-2-7-19(44)8-3-17)42(58-16)63-38-31(51)27-22(46)12-21(59-40-35(55)32(52)29(49)24(14-43)61-40)13-23(27)60-37(38)18-5-9-20(45)10-6-18/h2-13,16,24-25,28-30,32-36,39-46,48-50,52-56H,14-15H2,1H3/b11-4+/t16-,24+,25+,28-,29+,30+,32-,33-,34+,35+,36+,39?,40+,41-,42-/m0/s1.